The maximum Gasteiger partial charge on any atom is 0.295 e. The Bertz CT molecular complexity index is 1310. The van der Waals surface area contributed by atoms with Gasteiger partial charge in [0, 0.05) is 26.5 Å². The van der Waals surface area contributed by atoms with Gasteiger partial charge in [-0.1, -0.05) is 51.1 Å². The highest BCUT2D eigenvalue weighted by atomic mass is 16.5. The van der Waals surface area contributed by atoms with Crippen LogP contribution in [0.15, 0.2) is 48.2 Å². The molecule has 3 aromatic rings. The van der Waals surface area contributed by atoms with Crippen molar-refractivity contribution < 1.29 is 19.4 Å². The summed E-state index contributed by atoms with van der Waals surface area (Å²) in [4.78, 5) is 32.6. The number of carbonyl (C=O) groups is 2. The van der Waals surface area contributed by atoms with E-state index in [1.54, 1.807) is 7.11 Å². The van der Waals surface area contributed by atoms with E-state index in [0.29, 0.717) is 36.6 Å². The summed E-state index contributed by atoms with van der Waals surface area (Å²) in [7, 11) is 1.60. The second-order valence-corrected chi connectivity index (χ2v) is 10.1. The topological polar surface area (TPSA) is 84.1 Å². The first-order chi connectivity index (χ1) is 16.6. The molecule has 35 heavy (non-hydrogen) atoms. The van der Waals surface area contributed by atoms with Crippen molar-refractivity contribution in [2.75, 3.05) is 20.3 Å². The van der Waals surface area contributed by atoms with Crippen molar-refractivity contribution in [2.45, 2.75) is 52.5 Å². The maximum atomic E-state index is 13.3. The van der Waals surface area contributed by atoms with Crippen LogP contribution in [0.1, 0.15) is 61.3 Å². The lowest BCUT2D eigenvalue weighted by Crippen LogP contribution is -2.31. The van der Waals surface area contributed by atoms with E-state index < -0.39 is 17.7 Å². The molecule has 1 aromatic carbocycles. The number of aromatic nitrogens is 2. The molecular formula is C28H33N3O4. The normalized spacial score (nSPS) is 18.1. The van der Waals surface area contributed by atoms with Crippen molar-refractivity contribution in [3.05, 3.63) is 76.2 Å². The van der Waals surface area contributed by atoms with Gasteiger partial charge in [-0.15, -0.1) is 0 Å². The Kier molecular flexibility index (Phi) is 6.56. The smallest absolute Gasteiger partial charge is 0.295 e. The fraction of sp³-hybridized carbons (Fsp3) is 0.393. The van der Waals surface area contributed by atoms with Gasteiger partial charge in [0.05, 0.1) is 17.3 Å². The summed E-state index contributed by atoms with van der Waals surface area (Å²) in [5.41, 5.74) is 4.61. The van der Waals surface area contributed by atoms with Crippen LogP contribution in [0.4, 0.5) is 0 Å². The van der Waals surface area contributed by atoms with E-state index >= 15 is 0 Å². The molecule has 184 valence electrons. The van der Waals surface area contributed by atoms with Gasteiger partial charge in [0.1, 0.15) is 11.3 Å². The number of aliphatic hydroxyl groups excluding tert-OH is 1. The number of hydrogen-bond acceptors (Lipinski definition) is 5. The van der Waals surface area contributed by atoms with Crippen molar-refractivity contribution in [1.29, 1.82) is 0 Å². The van der Waals surface area contributed by atoms with Crippen LogP contribution in [-0.2, 0) is 19.7 Å². The van der Waals surface area contributed by atoms with Crippen LogP contribution >= 0.6 is 0 Å². The highest BCUT2D eigenvalue weighted by Crippen LogP contribution is 2.40. The van der Waals surface area contributed by atoms with E-state index in [4.69, 9.17) is 4.74 Å². The molecule has 1 atom stereocenters. The van der Waals surface area contributed by atoms with Gasteiger partial charge in [0.15, 0.2) is 5.76 Å². The fourth-order valence-corrected chi connectivity index (χ4v) is 4.68. The number of nitrogens with zero attached hydrogens (tertiary/aromatic N) is 3. The number of aliphatic hydroxyl groups is 1. The number of fused-ring (bicyclic) bond motifs is 1. The molecule has 1 fully saturated rings. The Balaban J connectivity index is 1.88. The number of likely N-dealkylation sites (tertiary alicyclic amines) is 1. The Hall–Kier alpha value is -3.45. The summed E-state index contributed by atoms with van der Waals surface area (Å²) in [5, 5.41) is 11.5. The Morgan fingerprint density at radius 2 is 1.80 bits per heavy atom. The summed E-state index contributed by atoms with van der Waals surface area (Å²) in [5.74, 6) is -1.56. The standard InChI is InChI=1S/C28H33N3O4/c1-17-9-7-14-30-18(2)22(29-26(17)30)24(32)21-23(19-10-12-20(13-11-19)28(3,4)5)31(15-8-16-35-6)27(34)25(21)33/h7,9-14,23,32H,8,15-16H2,1-6H3/b24-21+. The zero-order chi connectivity index (χ0) is 25.5. The van der Waals surface area contributed by atoms with Crippen LogP contribution in [0.3, 0.4) is 0 Å². The van der Waals surface area contributed by atoms with E-state index in [0.717, 1.165) is 16.7 Å². The minimum absolute atomic E-state index is 0.0374. The number of amides is 1. The summed E-state index contributed by atoms with van der Waals surface area (Å²) >= 11 is 0. The van der Waals surface area contributed by atoms with Gasteiger partial charge >= 0.3 is 0 Å². The van der Waals surface area contributed by atoms with Crippen LogP contribution < -0.4 is 0 Å². The lowest BCUT2D eigenvalue weighted by atomic mass is 9.85. The van der Waals surface area contributed by atoms with Crippen LogP contribution in [0.25, 0.3) is 11.4 Å². The quantitative estimate of drug-likeness (QED) is 0.242. The molecule has 0 bridgehead atoms. The highest BCUT2D eigenvalue weighted by Gasteiger charge is 2.46. The van der Waals surface area contributed by atoms with E-state index in [1.807, 2.05) is 60.8 Å². The lowest BCUT2D eigenvalue weighted by molar-refractivity contribution is -0.140. The number of ether oxygens (including phenoxy) is 1. The third-order valence-corrected chi connectivity index (χ3v) is 6.69. The first-order valence-corrected chi connectivity index (χ1v) is 11.9. The SMILES string of the molecule is COCCCN1C(=O)C(=O)/C(=C(/O)c2nc3c(C)cccn3c2C)C1c1ccc(C(C)(C)C)cc1. The predicted octanol–water partition coefficient (Wildman–Crippen LogP) is 4.71. The molecule has 1 saturated heterocycles. The zero-order valence-corrected chi connectivity index (χ0v) is 21.3. The van der Waals surface area contributed by atoms with Crippen LogP contribution in [0.2, 0.25) is 0 Å². The molecule has 3 heterocycles. The third kappa shape index (κ3) is 4.36. The number of pyridine rings is 1. The Morgan fingerprint density at radius 1 is 1.11 bits per heavy atom. The number of methoxy groups -OCH3 is 1. The van der Waals surface area contributed by atoms with Gasteiger partial charge < -0.3 is 19.1 Å². The Labute approximate surface area is 206 Å². The molecule has 7 heteroatoms. The van der Waals surface area contributed by atoms with Gasteiger partial charge in [-0.3, -0.25) is 9.59 Å². The average Bonchev–Trinajstić information content (AvgIpc) is 3.29. The molecule has 0 radical (unpaired) electrons. The molecule has 1 aliphatic heterocycles. The number of aryl methyl sites for hydroxylation is 2. The van der Waals surface area contributed by atoms with Crippen molar-refractivity contribution in [2.24, 2.45) is 0 Å². The maximum absolute atomic E-state index is 13.3. The van der Waals surface area contributed by atoms with Crippen molar-refractivity contribution in [1.82, 2.24) is 14.3 Å². The molecule has 0 saturated carbocycles. The van der Waals surface area contributed by atoms with E-state index in [-0.39, 0.29) is 16.7 Å². The van der Waals surface area contributed by atoms with Crippen molar-refractivity contribution >= 4 is 23.1 Å². The van der Waals surface area contributed by atoms with E-state index in [9.17, 15) is 14.7 Å². The number of carbonyl (C=O) groups excluding carboxylic acids is 2. The second-order valence-electron chi connectivity index (χ2n) is 10.1. The van der Waals surface area contributed by atoms with Crippen molar-refractivity contribution in [3.63, 3.8) is 0 Å². The fourth-order valence-electron chi connectivity index (χ4n) is 4.68. The molecule has 4 rings (SSSR count). The summed E-state index contributed by atoms with van der Waals surface area (Å²) in [6, 6.07) is 11.1. The predicted molar refractivity (Wildman–Crippen MR) is 135 cm³/mol. The molecular weight excluding hydrogens is 442 g/mol. The number of hydrogen-bond donors (Lipinski definition) is 1. The monoisotopic (exact) mass is 475 g/mol. The number of ketones is 1. The van der Waals surface area contributed by atoms with Gasteiger partial charge in [-0.05, 0) is 48.4 Å². The van der Waals surface area contributed by atoms with Gasteiger partial charge in [0.2, 0.25) is 0 Å². The third-order valence-electron chi connectivity index (χ3n) is 6.69. The molecule has 0 spiro atoms. The first kappa shape index (κ1) is 24.7. The molecule has 1 unspecified atom stereocenters. The molecule has 1 amide bonds. The summed E-state index contributed by atoms with van der Waals surface area (Å²) < 4.78 is 7.05. The minimum Gasteiger partial charge on any atom is -0.505 e. The molecule has 2 aromatic heterocycles. The van der Waals surface area contributed by atoms with E-state index in [2.05, 4.69) is 25.8 Å². The zero-order valence-electron chi connectivity index (χ0n) is 21.3. The van der Waals surface area contributed by atoms with Crippen LogP contribution in [-0.4, -0.2) is 51.3 Å². The molecule has 7 nitrogen and oxygen atoms in total. The average molecular weight is 476 g/mol. The van der Waals surface area contributed by atoms with Crippen LogP contribution in [0, 0.1) is 13.8 Å². The lowest BCUT2D eigenvalue weighted by Gasteiger charge is -2.26. The number of benzene rings is 1. The largest absolute Gasteiger partial charge is 0.505 e. The van der Waals surface area contributed by atoms with Gasteiger partial charge in [-0.2, -0.15) is 0 Å². The number of rotatable bonds is 6. The summed E-state index contributed by atoms with van der Waals surface area (Å²) in [6.45, 7) is 11.0. The Morgan fingerprint density at radius 3 is 2.40 bits per heavy atom. The van der Waals surface area contributed by atoms with Crippen molar-refractivity contribution in [3.8, 4) is 0 Å². The molecule has 1 N–H and O–H groups in total. The van der Waals surface area contributed by atoms with Gasteiger partial charge in [0.25, 0.3) is 11.7 Å². The number of imidazole rings is 1. The first-order valence-electron chi connectivity index (χ1n) is 11.9. The van der Waals surface area contributed by atoms with E-state index in [1.165, 1.54) is 4.90 Å². The molecule has 1 aliphatic rings. The van der Waals surface area contributed by atoms with Gasteiger partial charge in [-0.25, -0.2) is 4.98 Å². The highest BCUT2D eigenvalue weighted by molar-refractivity contribution is 6.46. The second kappa shape index (κ2) is 9.30. The summed E-state index contributed by atoms with van der Waals surface area (Å²) in [6.07, 6.45) is 2.44. The van der Waals surface area contributed by atoms with Crippen LogP contribution in [0.5, 0.6) is 0 Å². The number of Topliss-reactive ketones (excluding diaryl/α,β-unsaturated/α-hetero) is 1. The minimum atomic E-state index is -0.703. The molecule has 0 aliphatic carbocycles.